The number of carbonyl (C=O) groups excluding carboxylic acids is 1. The van der Waals surface area contributed by atoms with E-state index in [0.29, 0.717) is 0 Å². The maximum Gasteiger partial charge on any atom is 0.492 e. The number of aromatic nitrogens is 2. The molecule has 0 radical (unpaired) electrons. The number of nitrogens with one attached hydrogen (secondary N) is 1. The molecule has 0 bridgehead atoms. The average Bonchev–Trinajstić information content (AvgIpc) is 2.75. The molecule has 0 saturated carbocycles. The van der Waals surface area contributed by atoms with Crippen molar-refractivity contribution in [1.82, 2.24) is 15.3 Å². The van der Waals surface area contributed by atoms with Gasteiger partial charge in [-0.3, -0.25) is 4.79 Å². The number of halogens is 3. The summed E-state index contributed by atoms with van der Waals surface area (Å²) < 4.78 is 50.7. The largest absolute Gasteiger partial charge is 0.492 e. The summed E-state index contributed by atoms with van der Waals surface area (Å²) in [5.41, 5.74) is -3.19. The second-order valence-electron chi connectivity index (χ2n) is 2.76. The van der Waals surface area contributed by atoms with Crippen molar-refractivity contribution in [2.45, 2.75) is 12.4 Å². The minimum absolute atomic E-state index is 0.633. The summed E-state index contributed by atoms with van der Waals surface area (Å²) in [6.45, 7) is 1.02. The van der Waals surface area contributed by atoms with Crippen molar-refractivity contribution < 1.29 is 27.0 Å². The molecule has 0 aliphatic carbocycles. The highest BCUT2D eigenvalue weighted by molar-refractivity contribution is 7.84. The maximum atomic E-state index is 12.1. The molecule has 11 heteroatoms. The van der Waals surface area contributed by atoms with Gasteiger partial charge in [-0.15, -0.1) is 4.40 Å². The molecule has 1 aromatic rings. The molecule has 1 heterocycles. The topological polar surface area (TPSA) is 85.6 Å². The lowest BCUT2D eigenvalue weighted by Crippen LogP contribution is -2.34. The van der Waals surface area contributed by atoms with Gasteiger partial charge in [0.15, 0.2) is 0 Å². The van der Waals surface area contributed by atoms with Gasteiger partial charge in [0.2, 0.25) is 11.0 Å². The third kappa shape index (κ3) is 4.16. The summed E-state index contributed by atoms with van der Waals surface area (Å²) in [5, 5.41) is 3.56. The Balaban J connectivity index is 2.94. The van der Waals surface area contributed by atoms with E-state index in [0.717, 1.165) is 11.6 Å². The lowest BCUT2D eigenvalue weighted by molar-refractivity contribution is -0.145. The van der Waals surface area contributed by atoms with E-state index in [1.165, 1.54) is 18.5 Å². The lowest BCUT2D eigenvalue weighted by Gasteiger charge is -2.08. The molecule has 0 aromatic carbocycles. The minimum Gasteiger partial charge on any atom is -0.341 e. The van der Waals surface area contributed by atoms with Gasteiger partial charge in [0, 0.05) is 19.3 Å². The first kappa shape index (κ1) is 14.2. The number of hydrogen-bond acceptors (Lipinski definition) is 4. The fourth-order valence-electron chi connectivity index (χ4n) is 0.749. The first-order valence-corrected chi connectivity index (χ1v) is 5.42. The molecule has 100 valence electrons. The average molecular weight is 284 g/mol. The normalized spacial score (nSPS) is 14.1. The van der Waals surface area contributed by atoms with Crippen LogP contribution in [0.25, 0.3) is 0 Å². The summed E-state index contributed by atoms with van der Waals surface area (Å²) in [7, 11) is -3.49. The number of rotatable bonds is 1. The zero-order valence-corrected chi connectivity index (χ0v) is 9.66. The van der Waals surface area contributed by atoms with Gasteiger partial charge in [-0.1, -0.05) is 0 Å². The van der Waals surface area contributed by atoms with Gasteiger partial charge in [-0.05, 0) is 6.07 Å². The Labute approximate surface area is 101 Å². The van der Waals surface area contributed by atoms with Crippen LogP contribution in [-0.4, -0.2) is 31.4 Å². The molecule has 0 amide bonds. The molecular formula is C7H7F3N4O3S. The highest BCUT2D eigenvalue weighted by atomic mass is 32.2. The van der Waals surface area contributed by atoms with E-state index < -0.39 is 28.4 Å². The summed E-state index contributed by atoms with van der Waals surface area (Å²) in [6, 6.07) is 1.39. The smallest absolute Gasteiger partial charge is 0.341 e. The summed E-state index contributed by atoms with van der Waals surface area (Å²) in [5.74, 6) is -1.45. The van der Waals surface area contributed by atoms with Crippen LogP contribution in [0.2, 0.25) is 0 Å². The molecule has 1 atom stereocenters. The summed E-state index contributed by atoms with van der Waals surface area (Å²) in [4.78, 5) is 14.8. The molecule has 1 aromatic heterocycles. The van der Waals surface area contributed by atoms with Gasteiger partial charge in [0.05, 0.1) is 0 Å². The SMILES string of the molecule is CC(=O)ONC(=NS(=O)C(F)(F)F)n1cccn1. The fraction of sp³-hybridized carbons (Fsp3) is 0.286. The molecule has 7 nitrogen and oxygen atoms in total. The third-order valence-corrected chi connectivity index (χ3v) is 2.11. The van der Waals surface area contributed by atoms with Crippen LogP contribution in [0.1, 0.15) is 6.92 Å². The highest BCUT2D eigenvalue weighted by Crippen LogP contribution is 2.20. The van der Waals surface area contributed by atoms with Crippen molar-refractivity contribution in [3.8, 4) is 0 Å². The minimum atomic E-state index is -5.02. The van der Waals surface area contributed by atoms with Crippen molar-refractivity contribution in [2.24, 2.45) is 4.40 Å². The van der Waals surface area contributed by atoms with E-state index >= 15 is 0 Å². The molecular weight excluding hydrogens is 277 g/mol. The molecule has 1 rings (SSSR count). The Hall–Kier alpha value is -1.91. The first-order chi connectivity index (χ1) is 8.30. The Bertz CT molecular complexity index is 471. The quantitative estimate of drug-likeness (QED) is 0.456. The van der Waals surface area contributed by atoms with E-state index in [9.17, 15) is 22.2 Å². The van der Waals surface area contributed by atoms with Crippen molar-refractivity contribution in [2.75, 3.05) is 0 Å². The van der Waals surface area contributed by atoms with Crippen LogP contribution in [0.4, 0.5) is 13.2 Å². The predicted octanol–water partition coefficient (Wildman–Crippen LogP) is 0.338. The van der Waals surface area contributed by atoms with Crippen LogP contribution >= 0.6 is 0 Å². The Morgan fingerprint density at radius 3 is 2.67 bits per heavy atom. The van der Waals surface area contributed by atoms with E-state index in [-0.39, 0.29) is 0 Å². The van der Waals surface area contributed by atoms with Crippen molar-refractivity contribution >= 4 is 22.9 Å². The van der Waals surface area contributed by atoms with E-state index in [1.54, 1.807) is 0 Å². The zero-order valence-electron chi connectivity index (χ0n) is 8.84. The first-order valence-electron chi connectivity index (χ1n) is 4.31. The van der Waals surface area contributed by atoms with Crippen LogP contribution in [0.3, 0.4) is 0 Å². The summed E-state index contributed by atoms with van der Waals surface area (Å²) >= 11 is 0. The Morgan fingerprint density at radius 2 is 2.22 bits per heavy atom. The van der Waals surface area contributed by atoms with Gasteiger partial charge in [-0.25, -0.2) is 8.89 Å². The molecule has 1 unspecified atom stereocenters. The summed E-state index contributed by atoms with van der Waals surface area (Å²) in [6.07, 6.45) is 2.48. The molecule has 0 saturated heterocycles. The van der Waals surface area contributed by atoms with E-state index in [2.05, 4.69) is 14.3 Å². The number of nitrogens with zero attached hydrogens (tertiary/aromatic N) is 3. The number of hydroxylamine groups is 1. The predicted molar refractivity (Wildman–Crippen MR) is 54.2 cm³/mol. The third-order valence-electron chi connectivity index (χ3n) is 1.37. The number of hydrogen-bond donors (Lipinski definition) is 1. The molecule has 0 spiro atoms. The van der Waals surface area contributed by atoms with Crippen molar-refractivity contribution in [1.29, 1.82) is 0 Å². The van der Waals surface area contributed by atoms with E-state index in [4.69, 9.17) is 0 Å². The van der Waals surface area contributed by atoms with Gasteiger partial charge >= 0.3 is 11.5 Å². The van der Waals surface area contributed by atoms with Crippen LogP contribution in [0.15, 0.2) is 22.9 Å². The molecule has 1 N–H and O–H groups in total. The maximum absolute atomic E-state index is 12.1. The van der Waals surface area contributed by atoms with Crippen LogP contribution in [-0.2, 0) is 20.6 Å². The number of carbonyl (C=O) groups is 1. The number of alkyl halides is 3. The van der Waals surface area contributed by atoms with Gasteiger partial charge in [-0.2, -0.15) is 23.8 Å². The molecule has 0 aliphatic heterocycles. The molecule has 0 fully saturated rings. The van der Waals surface area contributed by atoms with Gasteiger partial charge < -0.3 is 4.84 Å². The molecule has 18 heavy (non-hydrogen) atoms. The van der Waals surface area contributed by atoms with E-state index in [1.807, 2.05) is 5.48 Å². The van der Waals surface area contributed by atoms with Crippen LogP contribution in [0.5, 0.6) is 0 Å². The standard InChI is InChI=1S/C7H7F3N4O3S/c1-5(15)17-12-6(14-4-2-3-11-14)13-18(16)7(8,9)10/h2-4H,1H3,(H,12,13). The molecule has 0 aliphatic rings. The monoisotopic (exact) mass is 284 g/mol. The highest BCUT2D eigenvalue weighted by Gasteiger charge is 2.38. The van der Waals surface area contributed by atoms with Gasteiger partial charge in [0.1, 0.15) is 0 Å². The van der Waals surface area contributed by atoms with Crippen LogP contribution in [0, 0.1) is 0 Å². The zero-order chi connectivity index (χ0) is 13.8. The van der Waals surface area contributed by atoms with Gasteiger partial charge in [0.25, 0.3) is 5.96 Å². The fourth-order valence-corrected chi connectivity index (χ4v) is 1.13. The van der Waals surface area contributed by atoms with Crippen molar-refractivity contribution in [3.63, 3.8) is 0 Å². The Kier molecular flexibility index (Phi) is 4.42. The Morgan fingerprint density at radius 1 is 1.56 bits per heavy atom. The lowest BCUT2D eigenvalue weighted by atomic mass is 10.7. The van der Waals surface area contributed by atoms with Crippen molar-refractivity contribution in [3.05, 3.63) is 18.5 Å². The second-order valence-corrected chi connectivity index (χ2v) is 3.90. The second kappa shape index (κ2) is 5.62. The van der Waals surface area contributed by atoms with Crippen LogP contribution < -0.4 is 5.48 Å².